The molecule has 1 aliphatic rings. The third kappa shape index (κ3) is 5.41. The summed E-state index contributed by atoms with van der Waals surface area (Å²) in [5.74, 6) is -1.94. The number of hydrogen-bond acceptors (Lipinski definition) is 3. The fraction of sp³-hybridized carbons (Fsp3) is 0.833. The number of nitrogens with zero attached hydrogens (tertiary/aromatic N) is 1. The van der Waals surface area contributed by atoms with Crippen molar-refractivity contribution in [1.29, 1.82) is 0 Å². The smallest absolute Gasteiger partial charge is 0.390 e. The Bertz CT molecular complexity index is 376. The molecule has 0 saturated carbocycles. The maximum Gasteiger partial charge on any atom is 0.390 e. The van der Waals surface area contributed by atoms with Crippen molar-refractivity contribution in [2.75, 3.05) is 26.3 Å². The third-order valence-electron chi connectivity index (χ3n) is 3.18. The molecule has 0 spiro atoms. The Morgan fingerprint density at radius 1 is 1.38 bits per heavy atom. The molecule has 6 nitrogen and oxygen atoms in total. The summed E-state index contributed by atoms with van der Waals surface area (Å²) in [6, 6.07) is -1.35. The minimum Gasteiger partial charge on any atom is -0.481 e. The lowest BCUT2D eigenvalue weighted by atomic mass is 10.0. The number of alkyl halides is 3. The van der Waals surface area contributed by atoms with Crippen LogP contribution in [0.25, 0.3) is 0 Å². The maximum absolute atomic E-state index is 12.1. The van der Waals surface area contributed by atoms with Crippen LogP contribution in [0.2, 0.25) is 0 Å². The molecular weight excluding hydrogens is 293 g/mol. The summed E-state index contributed by atoms with van der Waals surface area (Å²) in [6.45, 7) is 1.59. The monoisotopic (exact) mass is 312 g/mol. The molecule has 0 aromatic heterocycles. The van der Waals surface area contributed by atoms with E-state index in [9.17, 15) is 22.8 Å². The quantitative estimate of drug-likeness (QED) is 0.778. The lowest BCUT2D eigenvalue weighted by molar-refractivity contribution is -0.142. The van der Waals surface area contributed by atoms with E-state index in [2.05, 4.69) is 5.32 Å². The Morgan fingerprint density at radius 3 is 2.57 bits per heavy atom. The van der Waals surface area contributed by atoms with E-state index in [4.69, 9.17) is 9.84 Å². The molecular formula is C12H19F3N2O4. The van der Waals surface area contributed by atoms with Crippen molar-refractivity contribution in [3.8, 4) is 0 Å². The van der Waals surface area contributed by atoms with Crippen molar-refractivity contribution < 1.29 is 32.6 Å². The fourth-order valence-electron chi connectivity index (χ4n) is 2.16. The average molecular weight is 312 g/mol. The highest BCUT2D eigenvalue weighted by molar-refractivity contribution is 5.77. The number of amides is 2. The maximum atomic E-state index is 12.1. The Hall–Kier alpha value is -1.51. The van der Waals surface area contributed by atoms with Crippen molar-refractivity contribution in [2.24, 2.45) is 5.92 Å². The highest BCUT2D eigenvalue weighted by Gasteiger charge is 2.39. The molecule has 122 valence electrons. The SMILES string of the molecule is CCCN(C(=O)NCCC(F)(F)F)C1COCC1C(=O)O. The first-order chi connectivity index (χ1) is 9.76. The van der Waals surface area contributed by atoms with Crippen molar-refractivity contribution in [1.82, 2.24) is 10.2 Å². The molecule has 9 heteroatoms. The molecule has 1 saturated heterocycles. The average Bonchev–Trinajstić information content (AvgIpc) is 2.83. The van der Waals surface area contributed by atoms with Crippen molar-refractivity contribution >= 4 is 12.0 Å². The zero-order valence-electron chi connectivity index (χ0n) is 11.7. The predicted molar refractivity (Wildman–Crippen MR) is 66.8 cm³/mol. The Labute approximate surface area is 120 Å². The second kappa shape index (κ2) is 7.48. The Kier molecular flexibility index (Phi) is 6.25. The zero-order chi connectivity index (χ0) is 16.0. The molecule has 21 heavy (non-hydrogen) atoms. The van der Waals surface area contributed by atoms with Crippen LogP contribution in [0.1, 0.15) is 19.8 Å². The lowest BCUT2D eigenvalue weighted by Gasteiger charge is -2.30. The molecule has 2 unspecified atom stereocenters. The molecule has 0 radical (unpaired) electrons. The minimum atomic E-state index is -4.34. The van der Waals surface area contributed by atoms with E-state index in [1.807, 2.05) is 0 Å². The number of hydrogen-bond donors (Lipinski definition) is 2. The van der Waals surface area contributed by atoms with E-state index in [-0.39, 0.29) is 19.8 Å². The molecule has 1 fully saturated rings. The van der Waals surface area contributed by atoms with E-state index in [1.54, 1.807) is 6.92 Å². The van der Waals surface area contributed by atoms with Crippen molar-refractivity contribution in [2.45, 2.75) is 32.0 Å². The number of aliphatic carboxylic acids is 1. The summed E-state index contributed by atoms with van der Waals surface area (Å²) >= 11 is 0. The fourth-order valence-corrected chi connectivity index (χ4v) is 2.16. The Morgan fingerprint density at radius 2 is 2.05 bits per heavy atom. The molecule has 2 amide bonds. The summed E-state index contributed by atoms with van der Waals surface area (Å²) in [5, 5.41) is 11.3. The molecule has 0 aromatic carbocycles. The Balaban J connectivity index is 2.63. The lowest BCUT2D eigenvalue weighted by Crippen LogP contribution is -2.51. The van der Waals surface area contributed by atoms with Gasteiger partial charge < -0.3 is 20.1 Å². The number of carboxylic acids is 1. The van der Waals surface area contributed by atoms with Crippen LogP contribution in [0.4, 0.5) is 18.0 Å². The van der Waals surface area contributed by atoms with Crippen molar-refractivity contribution in [3.05, 3.63) is 0 Å². The summed E-state index contributed by atoms with van der Waals surface area (Å²) in [6.07, 6.45) is -4.90. The van der Waals surface area contributed by atoms with Crippen LogP contribution in [0.5, 0.6) is 0 Å². The van der Waals surface area contributed by atoms with Gasteiger partial charge in [0.2, 0.25) is 0 Å². The first-order valence-electron chi connectivity index (χ1n) is 6.68. The second-order valence-electron chi connectivity index (χ2n) is 4.84. The highest BCUT2D eigenvalue weighted by Crippen LogP contribution is 2.21. The first-order valence-corrected chi connectivity index (χ1v) is 6.68. The summed E-state index contributed by atoms with van der Waals surface area (Å²) in [4.78, 5) is 24.3. The number of ether oxygens (including phenoxy) is 1. The molecule has 0 aliphatic carbocycles. The van der Waals surface area contributed by atoms with E-state index < -0.39 is 43.1 Å². The van der Waals surface area contributed by atoms with Gasteiger partial charge in [0.05, 0.1) is 25.7 Å². The van der Waals surface area contributed by atoms with E-state index in [1.165, 1.54) is 4.90 Å². The molecule has 1 aliphatic heterocycles. The van der Waals surface area contributed by atoms with Gasteiger partial charge in [-0.15, -0.1) is 0 Å². The zero-order valence-corrected chi connectivity index (χ0v) is 11.7. The van der Waals surface area contributed by atoms with Crippen LogP contribution in [0, 0.1) is 5.92 Å². The van der Waals surface area contributed by atoms with Gasteiger partial charge in [-0.05, 0) is 6.42 Å². The van der Waals surface area contributed by atoms with Crippen LogP contribution in [0.3, 0.4) is 0 Å². The van der Waals surface area contributed by atoms with E-state index in [0.29, 0.717) is 6.42 Å². The van der Waals surface area contributed by atoms with Gasteiger partial charge in [0.25, 0.3) is 0 Å². The number of carbonyl (C=O) groups excluding carboxylic acids is 1. The summed E-state index contributed by atoms with van der Waals surface area (Å²) in [5.41, 5.74) is 0. The van der Waals surface area contributed by atoms with Crippen LogP contribution in [-0.2, 0) is 9.53 Å². The molecule has 0 aromatic rings. The van der Waals surface area contributed by atoms with E-state index in [0.717, 1.165) is 0 Å². The molecule has 0 bridgehead atoms. The molecule has 2 atom stereocenters. The van der Waals surface area contributed by atoms with Gasteiger partial charge in [0.15, 0.2) is 0 Å². The third-order valence-corrected chi connectivity index (χ3v) is 3.18. The summed E-state index contributed by atoms with van der Waals surface area (Å²) in [7, 11) is 0. The summed E-state index contributed by atoms with van der Waals surface area (Å²) < 4.78 is 41.3. The van der Waals surface area contributed by atoms with Gasteiger partial charge >= 0.3 is 18.2 Å². The van der Waals surface area contributed by atoms with Gasteiger partial charge in [0, 0.05) is 13.1 Å². The number of urea groups is 1. The van der Waals surface area contributed by atoms with Gasteiger partial charge in [-0.3, -0.25) is 4.79 Å². The van der Waals surface area contributed by atoms with Crippen LogP contribution < -0.4 is 5.32 Å². The highest BCUT2D eigenvalue weighted by atomic mass is 19.4. The predicted octanol–water partition coefficient (Wildman–Crippen LogP) is 1.46. The van der Waals surface area contributed by atoms with Gasteiger partial charge in [-0.1, -0.05) is 6.92 Å². The first kappa shape index (κ1) is 17.5. The normalized spacial score (nSPS) is 22.1. The van der Waals surface area contributed by atoms with Crippen LogP contribution >= 0.6 is 0 Å². The van der Waals surface area contributed by atoms with Crippen LogP contribution in [-0.4, -0.2) is 60.5 Å². The van der Waals surface area contributed by atoms with E-state index >= 15 is 0 Å². The largest absolute Gasteiger partial charge is 0.481 e. The second-order valence-corrected chi connectivity index (χ2v) is 4.84. The molecule has 2 N–H and O–H groups in total. The topological polar surface area (TPSA) is 78.9 Å². The number of halogens is 3. The van der Waals surface area contributed by atoms with Crippen molar-refractivity contribution in [3.63, 3.8) is 0 Å². The number of rotatable bonds is 6. The minimum absolute atomic E-state index is 0.00392. The van der Waals surface area contributed by atoms with Crippen LogP contribution in [0.15, 0.2) is 0 Å². The van der Waals surface area contributed by atoms with Gasteiger partial charge in [0.1, 0.15) is 5.92 Å². The molecule has 1 heterocycles. The number of carboxylic acid groups (broad SMARTS) is 1. The standard InChI is InChI=1S/C12H19F3N2O4/c1-2-5-17(9-7-21-6-8(9)10(18)19)11(20)16-4-3-12(13,14)15/h8-9H,2-7H2,1H3,(H,16,20)(H,18,19). The number of carbonyl (C=O) groups is 2. The van der Waals surface area contributed by atoms with Gasteiger partial charge in [-0.2, -0.15) is 13.2 Å². The number of nitrogens with one attached hydrogen (secondary N) is 1. The molecule has 1 rings (SSSR count). The van der Waals surface area contributed by atoms with Gasteiger partial charge in [-0.25, -0.2) is 4.79 Å².